The van der Waals surface area contributed by atoms with E-state index in [-0.39, 0.29) is 10.6 Å². The molecule has 2 heterocycles. The number of nitrogens with zero attached hydrogens (tertiary/aromatic N) is 3. The number of aromatic nitrogens is 2. The first-order valence-electron chi connectivity index (χ1n) is 7.81. The monoisotopic (exact) mass is 312 g/mol. The lowest BCUT2D eigenvalue weighted by molar-refractivity contribution is 0.381. The normalized spacial score (nSPS) is 18.7. The van der Waals surface area contributed by atoms with Crippen LogP contribution in [0.5, 0.6) is 0 Å². The predicted molar refractivity (Wildman–Crippen MR) is 87.3 cm³/mol. The summed E-state index contributed by atoms with van der Waals surface area (Å²) in [6.07, 6.45) is 6.11. The van der Waals surface area contributed by atoms with Gasteiger partial charge in [-0.25, -0.2) is 4.68 Å². The van der Waals surface area contributed by atoms with Crippen LogP contribution in [0.3, 0.4) is 0 Å². The topological polar surface area (TPSA) is 50.2 Å². The van der Waals surface area contributed by atoms with E-state index in [0.717, 1.165) is 38.2 Å². The molecular weight excluding hydrogens is 288 g/mol. The van der Waals surface area contributed by atoms with Gasteiger partial charge in [0.15, 0.2) is 0 Å². The van der Waals surface area contributed by atoms with Gasteiger partial charge in [-0.05, 0) is 38.3 Å². The molecule has 1 saturated heterocycles. The van der Waals surface area contributed by atoms with Crippen LogP contribution < -0.4 is 15.8 Å². The number of nitrogens with one attached hydrogen (secondary N) is 1. The lowest BCUT2D eigenvalue weighted by Crippen LogP contribution is -2.37. The zero-order chi connectivity index (χ0) is 15.2. The molecule has 1 aliphatic rings. The molecule has 1 unspecified atom stereocenters. The minimum atomic E-state index is -0.184. The van der Waals surface area contributed by atoms with E-state index in [0.29, 0.717) is 12.5 Å². The zero-order valence-electron chi connectivity index (χ0n) is 12.9. The summed E-state index contributed by atoms with van der Waals surface area (Å²) in [4.78, 5) is 14.3. The van der Waals surface area contributed by atoms with Gasteiger partial charge in [-0.2, -0.15) is 5.10 Å². The third-order valence-electron chi connectivity index (χ3n) is 4.03. The first-order chi connectivity index (χ1) is 10.1. The van der Waals surface area contributed by atoms with Crippen LogP contribution in [0, 0.1) is 5.92 Å². The lowest BCUT2D eigenvalue weighted by Gasteiger charge is -2.29. The van der Waals surface area contributed by atoms with Crippen LogP contribution in [0.15, 0.2) is 11.0 Å². The number of piperidine rings is 1. The highest BCUT2D eigenvalue weighted by molar-refractivity contribution is 6.33. The van der Waals surface area contributed by atoms with Gasteiger partial charge in [0.25, 0.3) is 5.56 Å². The third-order valence-corrected chi connectivity index (χ3v) is 4.39. The summed E-state index contributed by atoms with van der Waals surface area (Å²) >= 11 is 6.26. The number of unbranched alkanes of at least 4 members (excludes halogenated alkanes) is 1. The van der Waals surface area contributed by atoms with Gasteiger partial charge in [0.05, 0.1) is 11.9 Å². The van der Waals surface area contributed by atoms with E-state index < -0.39 is 0 Å². The molecule has 1 fully saturated rings. The van der Waals surface area contributed by atoms with Crippen molar-refractivity contribution >= 4 is 17.3 Å². The van der Waals surface area contributed by atoms with Gasteiger partial charge in [0.2, 0.25) is 0 Å². The SMILES string of the molecule is CCCCn1ncc(N(C)CC2CCCNC2)c(Cl)c1=O. The Morgan fingerprint density at radius 3 is 3.05 bits per heavy atom. The van der Waals surface area contributed by atoms with Crippen molar-refractivity contribution in [2.75, 3.05) is 31.6 Å². The van der Waals surface area contributed by atoms with Crippen molar-refractivity contribution in [3.63, 3.8) is 0 Å². The van der Waals surface area contributed by atoms with E-state index in [2.05, 4.69) is 22.2 Å². The van der Waals surface area contributed by atoms with E-state index in [1.807, 2.05) is 7.05 Å². The van der Waals surface area contributed by atoms with Gasteiger partial charge in [0.1, 0.15) is 5.02 Å². The highest BCUT2D eigenvalue weighted by Gasteiger charge is 2.18. The van der Waals surface area contributed by atoms with Crippen molar-refractivity contribution in [1.82, 2.24) is 15.1 Å². The van der Waals surface area contributed by atoms with Crippen molar-refractivity contribution < 1.29 is 0 Å². The molecule has 2 rings (SSSR count). The number of anilines is 1. The second-order valence-corrected chi connectivity index (χ2v) is 6.20. The molecule has 0 spiro atoms. The Morgan fingerprint density at radius 1 is 1.57 bits per heavy atom. The highest BCUT2D eigenvalue weighted by Crippen LogP contribution is 2.22. The summed E-state index contributed by atoms with van der Waals surface area (Å²) in [6, 6.07) is 0. The largest absolute Gasteiger partial charge is 0.372 e. The van der Waals surface area contributed by atoms with Gasteiger partial charge in [-0.15, -0.1) is 0 Å². The number of hydrogen-bond donors (Lipinski definition) is 1. The quantitative estimate of drug-likeness (QED) is 0.874. The molecule has 0 radical (unpaired) electrons. The minimum absolute atomic E-state index is 0.184. The maximum Gasteiger partial charge on any atom is 0.287 e. The third kappa shape index (κ3) is 4.20. The second-order valence-electron chi connectivity index (χ2n) is 5.82. The van der Waals surface area contributed by atoms with Crippen LogP contribution in [-0.4, -0.2) is 36.5 Å². The predicted octanol–water partition coefficient (Wildman–Crippen LogP) is 2.13. The summed E-state index contributed by atoms with van der Waals surface area (Å²) in [6.45, 7) is 5.75. The fraction of sp³-hybridized carbons (Fsp3) is 0.733. The average Bonchev–Trinajstić information content (AvgIpc) is 2.49. The first-order valence-corrected chi connectivity index (χ1v) is 8.18. The smallest absolute Gasteiger partial charge is 0.287 e. The zero-order valence-corrected chi connectivity index (χ0v) is 13.7. The molecule has 0 bridgehead atoms. The maximum absolute atomic E-state index is 12.2. The van der Waals surface area contributed by atoms with Crippen LogP contribution in [0.1, 0.15) is 32.6 Å². The van der Waals surface area contributed by atoms with Crippen LogP contribution >= 0.6 is 11.6 Å². The van der Waals surface area contributed by atoms with Crippen molar-refractivity contribution in [3.8, 4) is 0 Å². The number of halogens is 1. The van der Waals surface area contributed by atoms with E-state index in [1.165, 1.54) is 17.5 Å². The summed E-state index contributed by atoms with van der Waals surface area (Å²) in [5.74, 6) is 0.599. The van der Waals surface area contributed by atoms with Crippen LogP contribution in [-0.2, 0) is 6.54 Å². The lowest BCUT2D eigenvalue weighted by atomic mass is 9.99. The van der Waals surface area contributed by atoms with Crippen LogP contribution in [0.4, 0.5) is 5.69 Å². The number of rotatable bonds is 6. The number of aryl methyl sites for hydroxylation is 1. The van der Waals surface area contributed by atoms with Gasteiger partial charge < -0.3 is 10.2 Å². The van der Waals surface area contributed by atoms with E-state index in [9.17, 15) is 4.79 Å². The van der Waals surface area contributed by atoms with Crippen molar-refractivity contribution in [2.45, 2.75) is 39.2 Å². The molecule has 0 aliphatic carbocycles. The second kappa shape index (κ2) is 7.80. The molecule has 1 atom stereocenters. The van der Waals surface area contributed by atoms with Crippen molar-refractivity contribution in [1.29, 1.82) is 0 Å². The fourth-order valence-electron chi connectivity index (χ4n) is 2.76. The summed E-state index contributed by atoms with van der Waals surface area (Å²) in [5.41, 5.74) is 0.552. The molecular formula is C15H25ClN4O. The summed E-state index contributed by atoms with van der Waals surface area (Å²) < 4.78 is 1.46. The van der Waals surface area contributed by atoms with Gasteiger partial charge >= 0.3 is 0 Å². The van der Waals surface area contributed by atoms with Crippen molar-refractivity contribution in [2.24, 2.45) is 5.92 Å². The Hall–Kier alpha value is -1.07. The van der Waals surface area contributed by atoms with Gasteiger partial charge in [-0.3, -0.25) is 4.79 Å². The molecule has 0 saturated carbocycles. The molecule has 118 valence electrons. The van der Waals surface area contributed by atoms with Crippen LogP contribution in [0.2, 0.25) is 5.02 Å². The van der Waals surface area contributed by atoms with E-state index >= 15 is 0 Å². The molecule has 6 heteroatoms. The fourth-order valence-corrected chi connectivity index (χ4v) is 3.05. The van der Waals surface area contributed by atoms with Gasteiger partial charge in [-0.1, -0.05) is 24.9 Å². The molecule has 0 amide bonds. The van der Waals surface area contributed by atoms with E-state index in [1.54, 1.807) is 6.20 Å². The van der Waals surface area contributed by atoms with E-state index in [4.69, 9.17) is 11.6 Å². The molecule has 1 aromatic rings. The summed E-state index contributed by atoms with van der Waals surface area (Å²) in [7, 11) is 1.98. The molecule has 0 aromatic carbocycles. The van der Waals surface area contributed by atoms with Crippen molar-refractivity contribution in [3.05, 3.63) is 21.6 Å². The molecule has 5 nitrogen and oxygen atoms in total. The van der Waals surface area contributed by atoms with Crippen LogP contribution in [0.25, 0.3) is 0 Å². The summed E-state index contributed by atoms with van der Waals surface area (Å²) in [5, 5.41) is 7.95. The Kier molecular flexibility index (Phi) is 6.06. The Bertz CT molecular complexity index is 511. The highest BCUT2D eigenvalue weighted by atomic mass is 35.5. The maximum atomic E-state index is 12.2. The Morgan fingerprint density at radius 2 is 2.38 bits per heavy atom. The molecule has 1 N–H and O–H groups in total. The van der Waals surface area contributed by atoms with Gasteiger partial charge in [0, 0.05) is 20.1 Å². The molecule has 21 heavy (non-hydrogen) atoms. The Labute approximate surface area is 131 Å². The number of hydrogen-bond acceptors (Lipinski definition) is 4. The standard InChI is InChI=1S/C15H25ClN4O/c1-3-4-8-20-15(21)14(16)13(10-18-20)19(2)11-12-6-5-7-17-9-12/h10,12,17H,3-9,11H2,1-2H3. The minimum Gasteiger partial charge on any atom is -0.372 e. The molecule has 1 aliphatic heterocycles. The average molecular weight is 313 g/mol. The first kappa shape index (κ1) is 16.3. The molecule has 1 aromatic heterocycles. The Balaban J connectivity index is 2.08.